The van der Waals surface area contributed by atoms with Gasteiger partial charge >= 0.3 is 0 Å². The summed E-state index contributed by atoms with van der Waals surface area (Å²) >= 11 is 6.29. The van der Waals surface area contributed by atoms with Crippen molar-refractivity contribution in [2.24, 2.45) is 7.05 Å². The Morgan fingerprint density at radius 2 is 2.05 bits per heavy atom. The second-order valence-corrected chi connectivity index (χ2v) is 7.95. The van der Waals surface area contributed by atoms with Gasteiger partial charge in [-0.15, -0.1) is 11.6 Å². The molecule has 3 unspecified atom stereocenters. The number of hydrogen-bond acceptors (Lipinski definition) is 3. The van der Waals surface area contributed by atoms with Gasteiger partial charge in [0, 0.05) is 35.9 Å². The molecule has 21 heavy (non-hydrogen) atoms. The highest BCUT2D eigenvalue weighted by molar-refractivity contribution is 7.84. The number of aryl methyl sites for hydroxylation is 2. The molecular weight excluding hydrogens is 308 g/mol. The topological polar surface area (TPSA) is 52.7 Å². The molecule has 0 amide bonds. The largest absolute Gasteiger partial charge is 0.310 e. The molecule has 0 fully saturated rings. The van der Waals surface area contributed by atoms with E-state index in [4.69, 9.17) is 16.6 Å². The zero-order valence-electron chi connectivity index (χ0n) is 13.3. The molecule has 0 bridgehead atoms. The number of alkyl halides is 1. The van der Waals surface area contributed by atoms with E-state index in [1.165, 1.54) is 0 Å². The van der Waals surface area contributed by atoms with Crippen molar-refractivity contribution in [1.29, 1.82) is 0 Å². The van der Waals surface area contributed by atoms with E-state index in [1.807, 2.05) is 25.6 Å². The fourth-order valence-corrected chi connectivity index (χ4v) is 3.04. The van der Waals surface area contributed by atoms with E-state index >= 15 is 0 Å². The van der Waals surface area contributed by atoms with Crippen LogP contribution in [0.1, 0.15) is 44.1 Å². The highest BCUT2D eigenvalue weighted by atomic mass is 35.5. The number of aromatic nitrogens is 4. The Balaban J connectivity index is 2.59. The summed E-state index contributed by atoms with van der Waals surface area (Å²) in [6, 6.07) is 0. The van der Waals surface area contributed by atoms with Crippen LogP contribution in [0, 0.1) is 0 Å². The summed E-state index contributed by atoms with van der Waals surface area (Å²) in [5.41, 5.74) is 2.91. The zero-order valence-corrected chi connectivity index (χ0v) is 14.8. The molecule has 2 aromatic rings. The number of rotatable bonds is 6. The molecule has 0 aliphatic rings. The fourth-order valence-electron chi connectivity index (χ4n) is 2.51. The van der Waals surface area contributed by atoms with E-state index in [-0.39, 0.29) is 10.6 Å². The number of halogens is 1. The van der Waals surface area contributed by atoms with E-state index in [9.17, 15) is 4.21 Å². The monoisotopic (exact) mass is 330 g/mol. The third-order valence-corrected chi connectivity index (χ3v) is 5.15. The summed E-state index contributed by atoms with van der Waals surface area (Å²) in [5.74, 6) is 0.828. The molecule has 0 saturated carbocycles. The maximum absolute atomic E-state index is 11.7. The standard InChI is InChI=1S/C14H23ClN4OS/c1-6-7-11-12-14(18(4)17-11)19(8-9(2)21(5)20)13(16-12)10(3)15/h9-10H,6-8H2,1-5H3. The van der Waals surface area contributed by atoms with Crippen LogP contribution in [0.4, 0.5) is 0 Å². The second-order valence-electron chi connectivity index (χ2n) is 5.50. The van der Waals surface area contributed by atoms with Gasteiger partial charge in [-0.1, -0.05) is 13.3 Å². The van der Waals surface area contributed by atoms with Gasteiger partial charge < -0.3 is 4.57 Å². The molecule has 0 aromatic carbocycles. The normalized spacial score (nSPS) is 16.3. The molecule has 5 nitrogen and oxygen atoms in total. The Kier molecular flexibility index (Phi) is 5.09. The van der Waals surface area contributed by atoms with Crippen LogP contribution in [-0.2, 0) is 30.8 Å². The lowest BCUT2D eigenvalue weighted by Gasteiger charge is -2.14. The average Bonchev–Trinajstić information content (AvgIpc) is 2.90. The highest BCUT2D eigenvalue weighted by Crippen LogP contribution is 2.27. The molecule has 0 aliphatic carbocycles. The summed E-state index contributed by atoms with van der Waals surface area (Å²) < 4.78 is 15.6. The summed E-state index contributed by atoms with van der Waals surface area (Å²) in [7, 11) is 1.04. The van der Waals surface area contributed by atoms with Crippen LogP contribution in [0.15, 0.2) is 0 Å². The molecule has 3 atom stereocenters. The van der Waals surface area contributed by atoms with Crippen molar-refractivity contribution in [1.82, 2.24) is 19.3 Å². The molecule has 0 aliphatic heterocycles. The average molecular weight is 331 g/mol. The van der Waals surface area contributed by atoms with Crippen molar-refractivity contribution in [3.8, 4) is 0 Å². The molecule has 0 radical (unpaired) electrons. The lowest BCUT2D eigenvalue weighted by atomic mass is 10.2. The lowest BCUT2D eigenvalue weighted by molar-refractivity contribution is 0.614. The maximum atomic E-state index is 11.7. The second kappa shape index (κ2) is 6.48. The van der Waals surface area contributed by atoms with E-state index in [0.29, 0.717) is 6.54 Å². The van der Waals surface area contributed by atoms with Gasteiger partial charge in [0.1, 0.15) is 11.3 Å². The fraction of sp³-hybridized carbons (Fsp3) is 0.714. The Morgan fingerprint density at radius 1 is 1.38 bits per heavy atom. The summed E-state index contributed by atoms with van der Waals surface area (Å²) in [5, 5.41) is 4.42. The van der Waals surface area contributed by atoms with Crippen molar-refractivity contribution in [3.63, 3.8) is 0 Å². The Bertz CT molecular complexity index is 662. The van der Waals surface area contributed by atoms with Crippen LogP contribution in [-0.4, -0.2) is 35.0 Å². The van der Waals surface area contributed by atoms with Crippen LogP contribution in [0.25, 0.3) is 11.2 Å². The summed E-state index contributed by atoms with van der Waals surface area (Å²) in [6.07, 6.45) is 3.66. The highest BCUT2D eigenvalue weighted by Gasteiger charge is 2.23. The predicted octanol–water partition coefficient (Wildman–Crippen LogP) is 2.79. The summed E-state index contributed by atoms with van der Waals surface area (Å²) in [6.45, 7) is 6.66. The van der Waals surface area contributed by atoms with Gasteiger partial charge in [-0.05, 0) is 20.3 Å². The lowest BCUT2D eigenvalue weighted by Crippen LogP contribution is -2.20. The number of nitrogens with zero attached hydrogens (tertiary/aromatic N) is 4. The molecule has 0 saturated heterocycles. The van der Waals surface area contributed by atoms with Gasteiger partial charge in [-0.3, -0.25) is 8.89 Å². The minimum atomic E-state index is -0.884. The predicted molar refractivity (Wildman–Crippen MR) is 88.3 cm³/mol. The van der Waals surface area contributed by atoms with Gasteiger partial charge in [0.2, 0.25) is 0 Å². The van der Waals surface area contributed by atoms with Crippen LogP contribution < -0.4 is 0 Å². The molecule has 118 valence electrons. The number of fused-ring (bicyclic) bond motifs is 1. The van der Waals surface area contributed by atoms with Crippen molar-refractivity contribution in [2.45, 2.75) is 50.8 Å². The first-order chi connectivity index (χ1) is 9.86. The molecule has 0 spiro atoms. The van der Waals surface area contributed by atoms with Gasteiger partial charge in [-0.2, -0.15) is 5.10 Å². The molecule has 0 N–H and O–H groups in total. The molecule has 2 aromatic heterocycles. The first-order valence-corrected chi connectivity index (χ1v) is 9.30. The molecule has 7 heteroatoms. The molecule has 2 heterocycles. The van der Waals surface area contributed by atoms with E-state index in [1.54, 1.807) is 6.26 Å². The van der Waals surface area contributed by atoms with Crippen LogP contribution >= 0.6 is 11.6 Å². The first-order valence-electron chi connectivity index (χ1n) is 7.25. The summed E-state index contributed by atoms with van der Waals surface area (Å²) in [4.78, 5) is 4.71. The zero-order chi connectivity index (χ0) is 15.7. The van der Waals surface area contributed by atoms with Crippen molar-refractivity contribution in [2.75, 3.05) is 6.26 Å². The third-order valence-electron chi connectivity index (χ3n) is 3.67. The van der Waals surface area contributed by atoms with Gasteiger partial charge in [-0.25, -0.2) is 4.98 Å². The van der Waals surface area contributed by atoms with E-state index < -0.39 is 10.8 Å². The molecule has 2 rings (SSSR count). The first kappa shape index (κ1) is 16.5. The smallest absolute Gasteiger partial charge is 0.158 e. The minimum absolute atomic E-state index is 0.0427. The SMILES string of the molecule is CCCc1nn(C)c2c1nc(C(C)Cl)n2CC(C)S(C)=O. The van der Waals surface area contributed by atoms with Gasteiger partial charge in [0.15, 0.2) is 5.65 Å². The van der Waals surface area contributed by atoms with Gasteiger partial charge in [0.25, 0.3) is 0 Å². The van der Waals surface area contributed by atoms with E-state index in [0.717, 1.165) is 35.5 Å². The Labute approximate surface area is 133 Å². The van der Waals surface area contributed by atoms with Crippen LogP contribution in [0.3, 0.4) is 0 Å². The number of hydrogen-bond donors (Lipinski definition) is 0. The van der Waals surface area contributed by atoms with Crippen LogP contribution in [0.5, 0.6) is 0 Å². The maximum Gasteiger partial charge on any atom is 0.158 e. The Morgan fingerprint density at radius 3 is 2.57 bits per heavy atom. The van der Waals surface area contributed by atoms with Crippen molar-refractivity contribution in [3.05, 3.63) is 11.5 Å². The minimum Gasteiger partial charge on any atom is -0.310 e. The van der Waals surface area contributed by atoms with Crippen molar-refractivity contribution >= 4 is 33.6 Å². The molecular formula is C14H23ClN4OS. The van der Waals surface area contributed by atoms with Crippen LogP contribution in [0.2, 0.25) is 0 Å². The van der Waals surface area contributed by atoms with E-state index in [2.05, 4.69) is 16.6 Å². The van der Waals surface area contributed by atoms with Gasteiger partial charge in [0.05, 0.1) is 11.1 Å². The quantitative estimate of drug-likeness (QED) is 0.765. The Hall–Kier alpha value is -0.880. The third kappa shape index (κ3) is 3.16. The van der Waals surface area contributed by atoms with Crippen molar-refractivity contribution < 1.29 is 4.21 Å². The number of imidazole rings is 1.